The van der Waals surface area contributed by atoms with Crippen molar-refractivity contribution in [2.75, 3.05) is 11.9 Å². The van der Waals surface area contributed by atoms with Gasteiger partial charge in [0.2, 0.25) is 5.91 Å². The number of hydrogen-bond acceptors (Lipinski definition) is 6. The Morgan fingerprint density at radius 2 is 2.15 bits per heavy atom. The van der Waals surface area contributed by atoms with Gasteiger partial charge in [-0.15, -0.1) is 22.7 Å². The van der Waals surface area contributed by atoms with Gasteiger partial charge in [0.05, 0.1) is 18.7 Å². The molecule has 0 aromatic carbocycles. The summed E-state index contributed by atoms with van der Waals surface area (Å²) in [5.74, 6) is -0.122. The second-order valence-corrected chi connectivity index (χ2v) is 7.51. The summed E-state index contributed by atoms with van der Waals surface area (Å²) in [5, 5.41) is 17.5. The maximum absolute atomic E-state index is 12.2. The number of alkyl carbamates (subject to hydrolysis) is 1. The van der Waals surface area contributed by atoms with E-state index < -0.39 is 6.09 Å². The zero-order valence-electron chi connectivity index (χ0n) is 14.8. The van der Waals surface area contributed by atoms with Crippen LogP contribution in [0.1, 0.15) is 41.1 Å². The lowest BCUT2D eigenvalue weighted by Crippen LogP contribution is -2.23. The Kier molecular flexibility index (Phi) is 7.63. The molecule has 2 heterocycles. The minimum absolute atomic E-state index is 0.122. The number of anilines is 1. The molecule has 2 rings (SSSR count). The van der Waals surface area contributed by atoms with Crippen LogP contribution in [0, 0.1) is 11.3 Å². The molecule has 2 aromatic rings. The van der Waals surface area contributed by atoms with E-state index in [1.807, 2.05) is 24.4 Å². The number of nitriles is 1. The molecule has 0 radical (unpaired) electrons. The van der Waals surface area contributed by atoms with Gasteiger partial charge in [-0.3, -0.25) is 4.79 Å². The van der Waals surface area contributed by atoms with Crippen LogP contribution in [-0.4, -0.2) is 18.6 Å². The number of ether oxygens (including phenoxy) is 1. The summed E-state index contributed by atoms with van der Waals surface area (Å²) < 4.78 is 4.85. The number of amides is 2. The van der Waals surface area contributed by atoms with Gasteiger partial charge in [0, 0.05) is 16.2 Å². The Labute approximate surface area is 160 Å². The molecule has 0 saturated carbocycles. The topological polar surface area (TPSA) is 91.2 Å². The van der Waals surface area contributed by atoms with Crippen molar-refractivity contribution in [2.24, 2.45) is 0 Å². The Morgan fingerprint density at radius 3 is 2.77 bits per heavy atom. The van der Waals surface area contributed by atoms with Gasteiger partial charge in [-0.2, -0.15) is 5.26 Å². The van der Waals surface area contributed by atoms with Gasteiger partial charge in [0.25, 0.3) is 0 Å². The first kappa shape index (κ1) is 19.9. The van der Waals surface area contributed by atoms with Gasteiger partial charge < -0.3 is 15.4 Å². The number of nitrogens with one attached hydrogen (secondary N) is 2. The highest BCUT2D eigenvalue weighted by atomic mass is 32.1. The number of rotatable bonds is 8. The fraction of sp³-hybridized carbons (Fsp3) is 0.389. The smallest absolute Gasteiger partial charge is 0.407 e. The molecular formula is C18H21N3O3S2. The molecule has 2 N–H and O–H groups in total. The van der Waals surface area contributed by atoms with Gasteiger partial charge in [-0.05, 0) is 36.8 Å². The maximum Gasteiger partial charge on any atom is 0.407 e. The fourth-order valence-electron chi connectivity index (χ4n) is 2.45. The zero-order valence-corrected chi connectivity index (χ0v) is 16.4. The summed E-state index contributed by atoms with van der Waals surface area (Å²) in [6, 6.07) is 6.13. The highest BCUT2D eigenvalue weighted by molar-refractivity contribution is 7.16. The van der Waals surface area contributed by atoms with E-state index in [1.54, 1.807) is 18.3 Å². The van der Waals surface area contributed by atoms with Crippen LogP contribution in [0.5, 0.6) is 0 Å². The second kappa shape index (κ2) is 9.94. The first-order valence-corrected chi connectivity index (χ1v) is 10.1. The molecule has 26 heavy (non-hydrogen) atoms. The number of hydrogen-bond donors (Lipinski definition) is 2. The number of thiophene rings is 2. The zero-order chi connectivity index (χ0) is 18.9. The van der Waals surface area contributed by atoms with Crippen LogP contribution in [0.15, 0.2) is 17.5 Å². The van der Waals surface area contributed by atoms with Crippen LogP contribution in [0.25, 0.3) is 0 Å². The van der Waals surface area contributed by atoms with E-state index in [9.17, 15) is 14.9 Å². The molecule has 2 aromatic heterocycles. The molecular weight excluding hydrogens is 370 g/mol. The standard InChI is InChI=1S/C18H21N3O3S2/c1-3-13-14(10-19)17(26-15(13)11-20-18(23)24-4-2)21-16(22)8-7-12-6-5-9-25-12/h5-6,9H,3-4,7-8,11H2,1-2H3,(H,20,23)(H,21,22). The number of carbonyl (C=O) groups excluding carboxylic acids is 2. The van der Waals surface area contributed by atoms with Gasteiger partial charge in [0.15, 0.2) is 0 Å². The van der Waals surface area contributed by atoms with Crippen molar-refractivity contribution < 1.29 is 14.3 Å². The highest BCUT2D eigenvalue weighted by Gasteiger charge is 2.19. The SMILES string of the molecule is CCOC(=O)NCc1sc(NC(=O)CCc2cccs2)c(C#N)c1CC. The summed E-state index contributed by atoms with van der Waals surface area (Å²) >= 11 is 2.95. The fourth-order valence-corrected chi connectivity index (χ4v) is 4.36. The molecule has 0 unspecified atom stereocenters. The second-order valence-electron chi connectivity index (χ2n) is 5.37. The molecule has 0 saturated heterocycles. The van der Waals surface area contributed by atoms with Gasteiger partial charge in [0.1, 0.15) is 11.1 Å². The van der Waals surface area contributed by atoms with Gasteiger partial charge >= 0.3 is 6.09 Å². The van der Waals surface area contributed by atoms with Crippen molar-refractivity contribution >= 4 is 39.7 Å². The van der Waals surface area contributed by atoms with Gasteiger partial charge in [-0.1, -0.05) is 13.0 Å². The third kappa shape index (κ3) is 5.31. The van der Waals surface area contributed by atoms with Crippen LogP contribution >= 0.6 is 22.7 Å². The minimum atomic E-state index is -0.497. The average Bonchev–Trinajstić information content (AvgIpc) is 3.25. The van der Waals surface area contributed by atoms with E-state index in [0.29, 0.717) is 36.4 Å². The molecule has 0 aliphatic carbocycles. The third-order valence-electron chi connectivity index (χ3n) is 3.66. The van der Waals surface area contributed by atoms with Crippen molar-refractivity contribution in [1.29, 1.82) is 5.26 Å². The predicted octanol–water partition coefficient (Wildman–Crippen LogP) is 4.06. The van der Waals surface area contributed by atoms with E-state index in [0.717, 1.165) is 15.3 Å². The largest absolute Gasteiger partial charge is 0.450 e. The van der Waals surface area contributed by atoms with Crippen molar-refractivity contribution in [1.82, 2.24) is 5.32 Å². The van der Waals surface area contributed by atoms with E-state index in [1.165, 1.54) is 11.3 Å². The van der Waals surface area contributed by atoms with Gasteiger partial charge in [-0.25, -0.2) is 4.79 Å². The Hall–Kier alpha value is -2.37. The Bertz CT molecular complexity index is 791. The third-order valence-corrected chi connectivity index (χ3v) is 5.74. The van der Waals surface area contributed by atoms with Crippen LogP contribution in [-0.2, 0) is 28.9 Å². The Morgan fingerprint density at radius 1 is 1.35 bits per heavy atom. The first-order chi connectivity index (χ1) is 12.6. The Balaban J connectivity index is 2.05. The molecule has 138 valence electrons. The quantitative estimate of drug-likeness (QED) is 0.710. The van der Waals surface area contributed by atoms with Crippen molar-refractivity contribution in [3.8, 4) is 6.07 Å². The molecule has 0 spiro atoms. The first-order valence-electron chi connectivity index (χ1n) is 8.36. The lowest BCUT2D eigenvalue weighted by molar-refractivity contribution is -0.116. The van der Waals surface area contributed by atoms with Crippen molar-refractivity contribution in [3.05, 3.63) is 38.4 Å². The molecule has 0 fully saturated rings. The summed E-state index contributed by atoms with van der Waals surface area (Å²) in [6.45, 7) is 4.25. The van der Waals surface area contributed by atoms with Crippen LogP contribution in [0.2, 0.25) is 0 Å². The van der Waals surface area contributed by atoms with Crippen molar-refractivity contribution in [2.45, 2.75) is 39.7 Å². The highest BCUT2D eigenvalue weighted by Crippen LogP contribution is 2.33. The molecule has 2 amide bonds. The van der Waals surface area contributed by atoms with E-state index in [-0.39, 0.29) is 12.5 Å². The summed E-state index contributed by atoms with van der Waals surface area (Å²) in [4.78, 5) is 25.7. The lowest BCUT2D eigenvalue weighted by atomic mass is 10.1. The van der Waals surface area contributed by atoms with E-state index >= 15 is 0 Å². The normalized spacial score (nSPS) is 10.2. The number of aryl methyl sites for hydroxylation is 1. The minimum Gasteiger partial charge on any atom is -0.450 e. The molecule has 8 heteroatoms. The maximum atomic E-state index is 12.2. The summed E-state index contributed by atoms with van der Waals surface area (Å²) in [5.41, 5.74) is 1.32. The molecule has 6 nitrogen and oxygen atoms in total. The molecule has 0 bridgehead atoms. The molecule has 0 aliphatic heterocycles. The van der Waals surface area contributed by atoms with E-state index in [2.05, 4.69) is 16.7 Å². The summed E-state index contributed by atoms with van der Waals surface area (Å²) in [7, 11) is 0. The summed E-state index contributed by atoms with van der Waals surface area (Å²) in [6.07, 6.45) is 1.18. The van der Waals surface area contributed by atoms with Crippen molar-refractivity contribution in [3.63, 3.8) is 0 Å². The van der Waals surface area contributed by atoms with Crippen LogP contribution in [0.4, 0.5) is 9.80 Å². The van der Waals surface area contributed by atoms with E-state index in [4.69, 9.17) is 4.74 Å². The predicted molar refractivity (Wildman–Crippen MR) is 104 cm³/mol. The van der Waals surface area contributed by atoms with Crippen LogP contribution < -0.4 is 10.6 Å². The molecule has 0 aliphatic rings. The number of carbonyl (C=O) groups is 2. The average molecular weight is 392 g/mol. The van der Waals surface area contributed by atoms with Crippen LogP contribution in [0.3, 0.4) is 0 Å². The lowest BCUT2D eigenvalue weighted by Gasteiger charge is -2.05. The molecule has 0 atom stereocenters. The number of nitrogens with zero attached hydrogens (tertiary/aromatic N) is 1. The monoisotopic (exact) mass is 391 g/mol.